The zero-order valence-corrected chi connectivity index (χ0v) is 14.0. The van der Waals surface area contributed by atoms with Crippen LogP contribution in [0.4, 0.5) is 14.5 Å². The molecule has 1 atom stereocenters. The van der Waals surface area contributed by atoms with Crippen molar-refractivity contribution in [2.45, 2.75) is 6.04 Å². The van der Waals surface area contributed by atoms with Crippen LogP contribution in [0.2, 0.25) is 0 Å². The minimum absolute atomic E-state index is 0.156. The predicted molar refractivity (Wildman–Crippen MR) is 90.5 cm³/mol. The van der Waals surface area contributed by atoms with Gasteiger partial charge in [-0.1, -0.05) is 6.07 Å². The zero-order valence-electron chi connectivity index (χ0n) is 12.3. The maximum Gasteiger partial charge on any atom is 0.171 e. The Bertz CT molecular complexity index is 630. The molecule has 1 aromatic heterocycles. The molecule has 22 heavy (non-hydrogen) atoms. The first kappa shape index (κ1) is 16.8. The third-order valence-corrected chi connectivity index (χ3v) is 4.46. The lowest BCUT2D eigenvalue weighted by Crippen LogP contribution is -3.06. The Morgan fingerprint density at radius 1 is 1.32 bits per heavy atom. The fourth-order valence-electron chi connectivity index (χ4n) is 2.03. The smallest absolute Gasteiger partial charge is 0.171 e. The van der Waals surface area contributed by atoms with Gasteiger partial charge < -0.3 is 15.5 Å². The van der Waals surface area contributed by atoms with Crippen LogP contribution in [-0.4, -0.2) is 25.8 Å². The van der Waals surface area contributed by atoms with Crippen molar-refractivity contribution >= 4 is 34.4 Å². The van der Waals surface area contributed by atoms with Gasteiger partial charge in [-0.3, -0.25) is 0 Å². The first-order valence-corrected chi connectivity index (χ1v) is 8.09. The highest BCUT2D eigenvalue weighted by atomic mass is 32.1. The molecule has 2 rings (SSSR count). The van der Waals surface area contributed by atoms with Crippen LogP contribution in [-0.2, 0) is 0 Å². The normalized spacial score (nSPS) is 12.2. The summed E-state index contributed by atoms with van der Waals surface area (Å²) in [7, 11) is 4.14. The van der Waals surface area contributed by atoms with Crippen molar-refractivity contribution < 1.29 is 13.7 Å². The quantitative estimate of drug-likeness (QED) is 0.728. The van der Waals surface area contributed by atoms with Gasteiger partial charge in [-0.2, -0.15) is 0 Å². The highest BCUT2D eigenvalue weighted by Crippen LogP contribution is 2.16. The molecule has 7 heteroatoms. The Labute approximate surface area is 138 Å². The maximum atomic E-state index is 13.6. The molecule has 0 unspecified atom stereocenters. The topological polar surface area (TPSA) is 28.5 Å². The van der Waals surface area contributed by atoms with Crippen molar-refractivity contribution in [3.05, 3.63) is 52.2 Å². The minimum atomic E-state index is -0.669. The number of quaternary nitrogens is 1. The Kier molecular flexibility index (Phi) is 5.82. The van der Waals surface area contributed by atoms with Crippen molar-refractivity contribution in [2.24, 2.45) is 0 Å². The molecule has 2 aromatic rings. The fraction of sp³-hybridized carbons (Fsp3) is 0.267. The molecule has 0 aliphatic carbocycles. The van der Waals surface area contributed by atoms with E-state index >= 15 is 0 Å². The molecule has 3 nitrogen and oxygen atoms in total. The first-order chi connectivity index (χ1) is 10.5. The van der Waals surface area contributed by atoms with Gasteiger partial charge in [0.05, 0.1) is 31.2 Å². The monoisotopic (exact) mass is 342 g/mol. The third-order valence-electron chi connectivity index (χ3n) is 3.23. The van der Waals surface area contributed by atoms with Gasteiger partial charge in [0, 0.05) is 6.07 Å². The van der Waals surface area contributed by atoms with E-state index in [1.54, 1.807) is 11.3 Å². The maximum absolute atomic E-state index is 13.6. The molecule has 0 fully saturated rings. The van der Waals surface area contributed by atoms with E-state index in [1.165, 1.54) is 21.9 Å². The lowest BCUT2D eigenvalue weighted by molar-refractivity contribution is -0.890. The molecule has 1 aromatic carbocycles. The summed E-state index contributed by atoms with van der Waals surface area (Å²) >= 11 is 6.87. The average molecular weight is 342 g/mol. The number of anilines is 1. The second kappa shape index (κ2) is 7.62. The van der Waals surface area contributed by atoms with Crippen LogP contribution in [0.5, 0.6) is 0 Å². The number of halogens is 2. The molecule has 0 amide bonds. The van der Waals surface area contributed by atoms with E-state index in [1.807, 2.05) is 11.4 Å². The van der Waals surface area contributed by atoms with Crippen molar-refractivity contribution in [1.82, 2.24) is 5.32 Å². The van der Waals surface area contributed by atoms with E-state index in [0.29, 0.717) is 11.7 Å². The molecule has 0 aliphatic rings. The SMILES string of the molecule is C[NH+](C)[C@H](CNC(=S)Nc1ccc(F)cc1F)c1cccs1. The molecule has 3 N–H and O–H groups in total. The lowest BCUT2D eigenvalue weighted by atomic mass is 10.2. The van der Waals surface area contributed by atoms with E-state index in [-0.39, 0.29) is 11.7 Å². The summed E-state index contributed by atoms with van der Waals surface area (Å²) in [5.41, 5.74) is 0.156. The van der Waals surface area contributed by atoms with Gasteiger partial charge in [-0.25, -0.2) is 8.78 Å². The Morgan fingerprint density at radius 3 is 2.68 bits per heavy atom. The summed E-state index contributed by atoms with van der Waals surface area (Å²) in [5.74, 6) is -1.28. The van der Waals surface area contributed by atoms with Crippen molar-refractivity contribution in [2.75, 3.05) is 26.0 Å². The Morgan fingerprint density at radius 2 is 2.09 bits per heavy atom. The number of hydrogen-bond donors (Lipinski definition) is 3. The molecule has 118 valence electrons. The molecule has 1 heterocycles. The average Bonchev–Trinajstić information content (AvgIpc) is 2.96. The molecule has 0 saturated carbocycles. The van der Waals surface area contributed by atoms with Gasteiger partial charge in [-0.15, -0.1) is 11.3 Å². The predicted octanol–water partition coefficient (Wildman–Crippen LogP) is 2.20. The number of hydrogen-bond acceptors (Lipinski definition) is 2. The summed E-state index contributed by atoms with van der Waals surface area (Å²) in [4.78, 5) is 2.52. The van der Waals surface area contributed by atoms with Crippen LogP contribution in [0.25, 0.3) is 0 Å². The van der Waals surface area contributed by atoms with Crippen LogP contribution in [0.15, 0.2) is 35.7 Å². The molecule has 0 saturated heterocycles. The van der Waals surface area contributed by atoms with E-state index in [4.69, 9.17) is 12.2 Å². The lowest BCUT2D eigenvalue weighted by Gasteiger charge is -2.21. The summed E-state index contributed by atoms with van der Waals surface area (Å²) < 4.78 is 26.4. The number of nitrogens with one attached hydrogen (secondary N) is 3. The molecule has 0 radical (unpaired) electrons. The van der Waals surface area contributed by atoms with Crippen LogP contribution >= 0.6 is 23.6 Å². The highest BCUT2D eigenvalue weighted by molar-refractivity contribution is 7.80. The Hall–Kier alpha value is -1.57. The second-order valence-corrected chi connectivity index (χ2v) is 6.49. The van der Waals surface area contributed by atoms with Crippen LogP contribution in [0, 0.1) is 11.6 Å². The van der Waals surface area contributed by atoms with Gasteiger partial charge in [0.2, 0.25) is 0 Å². The summed E-state index contributed by atoms with van der Waals surface area (Å²) in [6.07, 6.45) is 0. The van der Waals surface area contributed by atoms with E-state index in [9.17, 15) is 8.78 Å². The fourth-order valence-corrected chi connectivity index (χ4v) is 3.18. The van der Waals surface area contributed by atoms with Gasteiger partial charge >= 0.3 is 0 Å². The first-order valence-electron chi connectivity index (χ1n) is 6.80. The van der Waals surface area contributed by atoms with E-state index in [2.05, 4.69) is 30.8 Å². The van der Waals surface area contributed by atoms with Gasteiger partial charge in [0.15, 0.2) is 5.11 Å². The zero-order chi connectivity index (χ0) is 16.1. The Balaban J connectivity index is 1.94. The summed E-state index contributed by atoms with van der Waals surface area (Å²) in [6.45, 7) is 0.623. The molecular formula is C15H18F2N3S2+. The van der Waals surface area contributed by atoms with Gasteiger partial charge in [-0.05, 0) is 35.8 Å². The molecule has 0 bridgehead atoms. The number of thiocarbonyl (C=S) groups is 1. The third kappa shape index (κ3) is 4.46. The second-order valence-electron chi connectivity index (χ2n) is 5.10. The van der Waals surface area contributed by atoms with Crippen molar-refractivity contribution in [3.8, 4) is 0 Å². The van der Waals surface area contributed by atoms with Crippen molar-refractivity contribution in [1.29, 1.82) is 0 Å². The molecule has 0 spiro atoms. The molecule has 0 aliphatic heterocycles. The van der Waals surface area contributed by atoms with E-state index in [0.717, 1.165) is 6.07 Å². The van der Waals surface area contributed by atoms with E-state index < -0.39 is 11.6 Å². The molecular weight excluding hydrogens is 324 g/mol. The van der Waals surface area contributed by atoms with Crippen LogP contribution in [0.1, 0.15) is 10.9 Å². The van der Waals surface area contributed by atoms with Gasteiger partial charge in [0.1, 0.15) is 17.7 Å². The number of rotatable bonds is 5. The standard InChI is InChI=1S/C15H17F2N3S2/c1-20(2)13(14-4-3-7-22-14)9-18-15(21)19-12-6-5-10(16)8-11(12)17/h3-8,13H,9H2,1-2H3,(H2,18,19,21)/p+1/t13-/m1/s1. The van der Waals surface area contributed by atoms with Crippen LogP contribution < -0.4 is 15.5 Å². The highest BCUT2D eigenvalue weighted by Gasteiger charge is 2.19. The number of likely N-dealkylation sites (N-methyl/N-ethyl adjacent to an activating group) is 1. The van der Waals surface area contributed by atoms with Crippen molar-refractivity contribution in [3.63, 3.8) is 0 Å². The largest absolute Gasteiger partial charge is 0.356 e. The number of thiophene rings is 1. The van der Waals surface area contributed by atoms with Crippen LogP contribution in [0.3, 0.4) is 0 Å². The van der Waals surface area contributed by atoms with Gasteiger partial charge in [0.25, 0.3) is 0 Å². The summed E-state index contributed by atoms with van der Waals surface area (Å²) in [6, 6.07) is 7.68. The number of benzene rings is 1. The summed E-state index contributed by atoms with van der Waals surface area (Å²) in [5, 5.41) is 8.19. The minimum Gasteiger partial charge on any atom is -0.356 e.